The van der Waals surface area contributed by atoms with E-state index in [1.807, 2.05) is 0 Å². The number of carboxylic acids is 1. The predicted octanol–water partition coefficient (Wildman–Crippen LogP) is 0.979. The molecule has 2 aromatic rings. The van der Waals surface area contributed by atoms with Gasteiger partial charge in [0.25, 0.3) is 0 Å². The Morgan fingerprint density at radius 2 is 1.68 bits per heavy atom. The van der Waals surface area contributed by atoms with Crippen molar-refractivity contribution in [1.29, 1.82) is 0 Å². The van der Waals surface area contributed by atoms with Gasteiger partial charge in [-0.1, -0.05) is 54.1 Å². The maximum atomic E-state index is 12.3. The number of halogens is 1. The van der Waals surface area contributed by atoms with Crippen LogP contribution in [0.2, 0.25) is 5.02 Å². The monoisotopic (exact) mass is 338 g/mol. The number of aliphatic carboxylic acids is 1. The number of hydrogen-bond donors (Lipinski definition) is 1. The van der Waals surface area contributed by atoms with E-state index in [-0.39, 0.29) is 16.3 Å². The van der Waals surface area contributed by atoms with Crippen LogP contribution in [-0.2, 0) is 21.2 Å². The summed E-state index contributed by atoms with van der Waals surface area (Å²) in [6.45, 7) is 0. The van der Waals surface area contributed by atoms with E-state index in [4.69, 9.17) is 11.6 Å². The zero-order valence-electron chi connectivity index (χ0n) is 11.4. The summed E-state index contributed by atoms with van der Waals surface area (Å²) in [5.41, 5.74) is 0.679. The summed E-state index contributed by atoms with van der Waals surface area (Å²) in [4.78, 5) is 11.1. The topological polar surface area (TPSA) is 86.3 Å². The lowest BCUT2D eigenvalue weighted by molar-refractivity contribution is -0.307. The molecule has 1 N–H and O–H groups in total. The van der Waals surface area contributed by atoms with Crippen LogP contribution in [0.15, 0.2) is 59.5 Å². The zero-order valence-corrected chi connectivity index (χ0v) is 13.0. The molecule has 2 aromatic carbocycles. The normalized spacial score (nSPS) is 12.8. The van der Waals surface area contributed by atoms with Crippen LogP contribution in [0.25, 0.3) is 0 Å². The van der Waals surface area contributed by atoms with Gasteiger partial charge >= 0.3 is 0 Å². The molecule has 7 heteroatoms. The van der Waals surface area contributed by atoms with Crippen molar-refractivity contribution in [2.24, 2.45) is 0 Å². The van der Waals surface area contributed by atoms with Crippen LogP contribution in [0.5, 0.6) is 0 Å². The fourth-order valence-corrected chi connectivity index (χ4v) is 3.64. The minimum Gasteiger partial charge on any atom is -0.548 e. The number of carbonyl (C=O) groups excluding carboxylic acids is 1. The van der Waals surface area contributed by atoms with Crippen molar-refractivity contribution in [3.63, 3.8) is 0 Å². The van der Waals surface area contributed by atoms with Crippen LogP contribution < -0.4 is 9.83 Å². The van der Waals surface area contributed by atoms with E-state index in [2.05, 4.69) is 4.72 Å². The first-order valence-corrected chi connectivity index (χ1v) is 8.28. The Morgan fingerprint density at radius 1 is 1.09 bits per heavy atom. The highest BCUT2D eigenvalue weighted by molar-refractivity contribution is 7.89. The van der Waals surface area contributed by atoms with E-state index in [0.717, 1.165) is 0 Å². The van der Waals surface area contributed by atoms with Gasteiger partial charge in [0.1, 0.15) is 4.90 Å². The molecule has 0 saturated heterocycles. The summed E-state index contributed by atoms with van der Waals surface area (Å²) in [6.07, 6.45) is -0.0210. The van der Waals surface area contributed by atoms with Gasteiger partial charge in [0, 0.05) is 0 Å². The highest BCUT2D eigenvalue weighted by atomic mass is 35.5. The smallest absolute Gasteiger partial charge is 0.242 e. The minimum atomic E-state index is -4.06. The van der Waals surface area contributed by atoms with Crippen molar-refractivity contribution in [2.75, 3.05) is 0 Å². The zero-order chi connectivity index (χ0) is 16.2. The van der Waals surface area contributed by atoms with E-state index in [1.165, 1.54) is 18.2 Å². The second kappa shape index (κ2) is 6.91. The van der Waals surface area contributed by atoms with Gasteiger partial charge in [-0.15, -0.1) is 0 Å². The van der Waals surface area contributed by atoms with Crippen LogP contribution in [0.1, 0.15) is 5.56 Å². The maximum absolute atomic E-state index is 12.3. The largest absolute Gasteiger partial charge is 0.548 e. The molecule has 0 fully saturated rings. The molecule has 22 heavy (non-hydrogen) atoms. The predicted molar refractivity (Wildman–Crippen MR) is 80.7 cm³/mol. The van der Waals surface area contributed by atoms with Gasteiger partial charge in [-0.3, -0.25) is 0 Å². The summed E-state index contributed by atoms with van der Waals surface area (Å²) in [5.74, 6) is -1.50. The van der Waals surface area contributed by atoms with E-state index in [1.54, 1.807) is 36.4 Å². The number of carboxylic acid groups (broad SMARTS) is 1. The number of hydrogen-bond acceptors (Lipinski definition) is 4. The molecule has 116 valence electrons. The highest BCUT2D eigenvalue weighted by Gasteiger charge is 2.23. The molecule has 2 rings (SSSR count). The van der Waals surface area contributed by atoms with Crippen LogP contribution in [0.3, 0.4) is 0 Å². The van der Waals surface area contributed by atoms with Gasteiger partial charge in [-0.25, -0.2) is 13.1 Å². The lowest BCUT2D eigenvalue weighted by Crippen LogP contribution is -2.49. The first-order valence-electron chi connectivity index (χ1n) is 6.42. The molecule has 0 saturated carbocycles. The number of carbonyl (C=O) groups is 1. The fourth-order valence-electron chi connectivity index (χ4n) is 1.94. The van der Waals surface area contributed by atoms with Crippen LogP contribution in [0.4, 0.5) is 0 Å². The third-order valence-corrected chi connectivity index (χ3v) is 4.96. The van der Waals surface area contributed by atoms with E-state index in [0.29, 0.717) is 5.56 Å². The average Bonchev–Trinajstić information content (AvgIpc) is 2.47. The molecule has 0 aliphatic heterocycles. The van der Waals surface area contributed by atoms with Gasteiger partial charge in [0.15, 0.2) is 0 Å². The Labute approximate surface area is 133 Å². The lowest BCUT2D eigenvalue weighted by Gasteiger charge is -2.20. The van der Waals surface area contributed by atoms with Crippen molar-refractivity contribution in [2.45, 2.75) is 17.4 Å². The van der Waals surface area contributed by atoms with Gasteiger partial charge in [0.2, 0.25) is 10.0 Å². The summed E-state index contributed by atoms with van der Waals surface area (Å²) in [5, 5.41) is 11.2. The van der Waals surface area contributed by atoms with Crippen LogP contribution >= 0.6 is 11.6 Å². The molecule has 0 bridgehead atoms. The van der Waals surface area contributed by atoms with Gasteiger partial charge in [-0.2, -0.15) is 0 Å². The quantitative estimate of drug-likeness (QED) is 0.850. The standard InChI is InChI=1S/C15H14ClNO4S/c16-12-8-4-5-9-14(12)22(20,21)17-13(15(18)19)10-11-6-2-1-3-7-11/h1-9,13,17H,10H2,(H,18,19)/p-1/t13-/m1/s1. The highest BCUT2D eigenvalue weighted by Crippen LogP contribution is 2.20. The van der Waals surface area contributed by atoms with Crippen molar-refractivity contribution in [1.82, 2.24) is 4.72 Å². The Bertz CT molecular complexity index is 762. The van der Waals surface area contributed by atoms with Crippen molar-refractivity contribution in [3.8, 4) is 0 Å². The van der Waals surface area contributed by atoms with E-state index in [9.17, 15) is 18.3 Å². The number of rotatable bonds is 6. The molecule has 0 amide bonds. The second-order valence-electron chi connectivity index (χ2n) is 4.61. The van der Waals surface area contributed by atoms with Gasteiger partial charge in [0.05, 0.1) is 17.0 Å². The Morgan fingerprint density at radius 3 is 2.27 bits per heavy atom. The number of sulfonamides is 1. The first kappa shape index (κ1) is 16.5. The van der Waals surface area contributed by atoms with E-state index >= 15 is 0 Å². The molecule has 0 heterocycles. The van der Waals surface area contributed by atoms with E-state index < -0.39 is 22.0 Å². The summed E-state index contributed by atoms with van der Waals surface area (Å²) in [7, 11) is -4.06. The molecule has 0 aliphatic rings. The van der Waals surface area contributed by atoms with Crippen molar-refractivity contribution >= 4 is 27.6 Å². The average molecular weight is 339 g/mol. The number of nitrogens with one attached hydrogen (secondary N) is 1. The summed E-state index contributed by atoms with van der Waals surface area (Å²) >= 11 is 5.85. The molecular formula is C15H13ClNO4S-. The molecule has 5 nitrogen and oxygen atoms in total. The Hall–Kier alpha value is -1.89. The van der Waals surface area contributed by atoms with Gasteiger partial charge < -0.3 is 9.90 Å². The van der Waals surface area contributed by atoms with Gasteiger partial charge in [-0.05, 0) is 24.1 Å². The molecule has 0 radical (unpaired) electrons. The Kier molecular flexibility index (Phi) is 5.18. The molecule has 0 spiro atoms. The third kappa shape index (κ3) is 4.07. The Balaban J connectivity index is 2.24. The number of benzene rings is 2. The second-order valence-corrected chi connectivity index (χ2v) is 6.70. The molecule has 1 atom stereocenters. The fraction of sp³-hybridized carbons (Fsp3) is 0.133. The first-order chi connectivity index (χ1) is 10.4. The van der Waals surface area contributed by atoms with Crippen LogP contribution in [-0.4, -0.2) is 20.4 Å². The van der Waals surface area contributed by atoms with Crippen molar-refractivity contribution < 1.29 is 18.3 Å². The van der Waals surface area contributed by atoms with Crippen LogP contribution in [0, 0.1) is 0 Å². The van der Waals surface area contributed by atoms with Crippen molar-refractivity contribution in [3.05, 3.63) is 65.2 Å². The minimum absolute atomic E-state index is 0.0202. The molecule has 0 aromatic heterocycles. The third-order valence-electron chi connectivity index (χ3n) is 2.99. The molecule has 0 aliphatic carbocycles. The maximum Gasteiger partial charge on any atom is 0.242 e. The SMILES string of the molecule is O=C([O-])[C@@H](Cc1ccccc1)NS(=O)(=O)c1ccccc1Cl. The summed E-state index contributed by atoms with van der Waals surface area (Å²) in [6, 6.07) is 13.1. The summed E-state index contributed by atoms with van der Waals surface area (Å²) < 4.78 is 26.7. The molecular weight excluding hydrogens is 326 g/mol. The lowest BCUT2D eigenvalue weighted by atomic mass is 10.1. The molecule has 0 unspecified atom stereocenters.